The number of rotatable bonds is 6. The third-order valence-electron chi connectivity index (χ3n) is 3.69. The van der Waals surface area contributed by atoms with Gasteiger partial charge in [0.1, 0.15) is 0 Å². The molecule has 0 radical (unpaired) electrons. The van der Waals surface area contributed by atoms with E-state index in [0.29, 0.717) is 19.0 Å². The van der Waals surface area contributed by atoms with E-state index < -0.39 is 6.10 Å². The maximum absolute atomic E-state index is 9.71. The molecule has 1 heterocycles. The van der Waals surface area contributed by atoms with Crippen LogP contribution in [0.5, 0.6) is 0 Å². The van der Waals surface area contributed by atoms with Gasteiger partial charge >= 0.3 is 0 Å². The molecule has 1 atom stereocenters. The average molecular weight is 250 g/mol. The molecule has 0 spiro atoms. The van der Waals surface area contributed by atoms with Crippen molar-refractivity contribution in [3.8, 4) is 0 Å². The highest BCUT2D eigenvalue weighted by molar-refractivity contribution is 5.46. The van der Waals surface area contributed by atoms with Crippen LogP contribution in [0.25, 0.3) is 0 Å². The van der Waals surface area contributed by atoms with Crippen LogP contribution in [0.15, 0.2) is 18.3 Å². The van der Waals surface area contributed by atoms with Gasteiger partial charge in [-0.25, -0.2) is 0 Å². The molecule has 1 fully saturated rings. The molecule has 0 unspecified atom stereocenters. The summed E-state index contributed by atoms with van der Waals surface area (Å²) in [6.07, 6.45) is 5.66. The second-order valence-electron chi connectivity index (χ2n) is 4.87. The average Bonchev–Trinajstić information content (AvgIpc) is 2.35. The van der Waals surface area contributed by atoms with Crippen LogP contribution in [-0.4, -0.2) is 34.4 Å². The Morgan fingerprint density at radius 3 is 2.67 bits per heavy atom. The molecule has 1 saturated carbocycles. The lowest BCUT2D eigenvalue weighted by Crippen LogP contribution is -2.42. The maximum atomic E-state index is 9.71. The van der Waals surface area contributed by atoms with Crippen LogP contribution in [-0.2, 0) is 0 Å². The zero-order chi connectivity index (χ0) is 13.0. The minimum Gasteiger partial charge on any atom is -0.395 e. The summed E-state index contributed by atoms with van der Waals surface area (Å²) in [6, 6.07) is 4.42. The molecule has 1 aliphatic rings. The SMILES string of the molecule is CC[C@H](O)c1ccc(N(CCO)C2CCC2)cn1. The fourth-order valence-electron chi connectivity index (χ4n) is 2.30. The molecular formula is C14H22N2O2. The van der Waals surface area contributed by atoms with Crippen LogP contribution in [0.1, 0.15) is 44.4 Å². The number of hydrogen-bond donors (Lipinski definition) is 2. The molecule has 18 heavy (non-hydrogen) atoms. The van der Waals surface area contributed by atoms with Crippen LogP contribution in [0, 0.1) is 0 Å². The fourth-order valence-corrected chi connectivity index (χ4v) is 2.30. The Labute approximate surface area is 108 Å². The second-order valence-corrected chi connectivity index (χ2v) is 4.87. The monoisotopic (exact) mass is 250 g/mol. The molecule has 4 heteroatoms. The molecule has 4 nitrogen and oxygen atoms in total. The van der Waals surface area contributed by atoms with E-state index >= 15 is 0 Å². The quantitative estimate of drug-likeness (QED) is 0.809. The Balaban J connectivity index is 2.10. The number of hydrogen-bond acceptors (Lipinski definition) is 4. The molecule has 1 aliphatic carbocycles. The molecule has 0 aromatic carbocycles. The third-order valence-corrected chi connectivity index (χ3v) is 3.69. The highest BCUT2D eigenvalue weighted by Crippen LogP contribution is 2.29. The van der Waals surface area contributed by atoms with E-state index in [4.69, 9.17) is 5.11 Å². The van der Waals surface area contributed by atoms with Gasteiger partial charge in [0.25, 0.3) is 0 Å². The first kappa shape index (κ1) is 13.3. The van der Waals surface area contributed by atoms with Gasteiger partial charge in [-0.2, -0.15) is 0 Å². The van der Waals surface area contributed by atoms with Crippen LogP contribution < -0.4 is 4.90 Å². The van der Waals surface area contributed by atoms with Crippen molar-refractivity contribution in [2.75, 3.05) is 18.1 Å². The number of nitrogens with zero attached hydrogens (tertiary/aromatic N) is 2. The second kappa shape index (κ2) is 6.16. The fraction of sp³-hybridized carbons (Fsp3) is 0.643. The highest BCUT2D eigenvalue weighted by Gasteiger charge is 2.25. The van der Waals surface area contributed by atoms with Gasteiger partial charge in [-0.15, -0.1) is 0 Å². The molecule has 0 amide bonds. The van der Waals surface area contributed by atoms with Crippen molar-refractivity contribution in [3.05, 3.63) is 24.0 Å². The number of aliphatic hydroxyl groups excluding tert-OH is 2. The summed E-state index contributed by atoms with van der Waals surface area (Å²) in [5, 5.41) is 18.9. The molecule has 1 aromatic heterocycles. The zero-order valence-corrected chi connectivity index (χ0v) is 10.9. The highest BCUT2D eigenvalue weighted by atomic mass is 16.3. The third kappa shape index (κ3) is 2.82. The maximum Gasteiger partial charge on any atom is 0.0957 e. The van der Waals surface area contributed by atoms with Crippen molar-refractivity contribution in [3.63, 3.8) is 0 Å². The predicted octanol–water partition coefficient (Wildman–Crippen LogP) is 1.88. The van der Waals surface area contributed by atoms with Crippen LogP contribution in [0.3, 0.4) is 0 Å². The van der Waals surface area contributed by atoms with E-state index in [1.807, 2.05) is 25.3 Å². The zero-order valence-electron chi connectivity index (χ0n) is 10.9. The molecule has 0 saturated heterocycles. The van der Waals surface area contributed by atoms with E-state index in [1.165, 1.54) is 19.3 Å². The minimum absolute atomic E-state index is 0.163. The van der Waals surface area contributed by atoms with E-state index in [9.17, 15) is 5.11 Å². The summed E-state index contributed by atoms with van der Waals surface area (Å²) < 4.78 is 0. The minimum atomic E-state index is -0.478. The Morgan fingerprint density at radius 1 is 1.44 bits per heavy atom. The molecule has 2 N–H and O–H groups in total. The summed E-state index contributed by atoms with van der Waals surface area (Å²) in [4.78, 5) is 6.54. The number of anilines is 1. The predicted molar refractivity (Wildman–Crippen MR) is 71.6 cm³/mol. The number of pyridine rings is 1. The van der Waals surface area contributed by atoms with Gasteiger partial charge in [-0.3, -0.25) is 4.98 Å². The lowest BCUT2D eigenvalue weighted by molar-refractivity contribution is 0.169. The Bertz CT molecular complexity index is 363. The molecule has 0 bridgehead atoms. The van der Waals surface area contributed by atoms with Gasteiger partial charge in [0.2, 0.25) is 0 Å². The van der Waals surface area contributed by atoms with Gasteiger partial charge in [0, 0.05) is 12.6 Å². The van der Waals surface area contributed by atoms with E-state index in [-0.39, 0.29) is 6.61 Å². The van der Waals surface area contributed by atoms with Crippen molar-refractivity contribution in [2.45, 2.75) is 44.8 Å². The van der Waals surface area contributed by atoms with Gasteiger partial charge < -0.3 is 15.1 Å². The molecule has 100 valence electrons. The largest absolute Gasteiger partial charge is 0.395 e. The summed E-state index contributed by atoms with van der Waals surface area (Å²) in [5.41, 5.74) is 1.76. The molecule has 2 rings (SSSR count). The van der Waals surface area contributed by atoms with Crippen LogP contribution >= 0.6 is 0 Å². The Morgan fingerprint density at radius 2 is 2.22 bits per heavy atom. The molecule has 0 aliphatic heterocycles. The van der Waals surface area contributed by atoms with Crippen molar-refractivity contribution in [2.24, 2.45) is 0 Å². The van der Waals surface area contributed by atoms with Crippen molar-refractivity contribution >= 4 is 5.69 Å². The van der Waals surface area contributed by atoms with Crippen molar-refractivity contribution in [1.29, 1.82) is 0 Å². The first-order valence-corrected chi connectivity index (χ1v) is 6.77. The standard InChI is InChI=1S/C14H22N2O2/c1-2-14(18)13-7-6-12(10-15-13)16(8-9-17)11-4-3-5-11/h6-7,10-11,14,17-18H,2-5,8-9H2,1H3/t14-/m0/s1. The Kier molecular flexibility index (Phi) is 4.55. The summed E-state index contributed by atoms with van der Waals surface area (Å²) >= 11 is 0. The first-order valence-electron chi connectivity index (χ1n) is 6.77. The van der Waals surface area contributed by atoms with Crippen LogP contribution in [0.2, 0.25) is 0 Å². The summed E-state index contributed by atoms with van der Waals surface area (Å²) in [5.74, 6) is 0. The van der Waals surface area contributed by atoms with E-state index in [1.54, 1.807) is 0 Å². The number of aliphatic hydroxyl groups is 2. The summed E-state index contributed by atoms with van der Waals surface area (Å²) in [6.45, 7) is 2.75. The number of aromatic nitrogens is 1. The molecule has 1 aromatic rings. The van der Waals surface area contributed by atoms with Gasteiger partial charge in [-0.1, -0.05) is 6.92 Å². The normalized spacial score (nSPS) is 17.3. The van der Waals surface area contributed by atoms with E-state index in [0.717, 1.165) is 11.4 Å². The first-order chi connectivity index (χ1) is 8.76. The van der Waals surface area contributed by atoms with Gasteiger partial charge in [0.05, 0.1) is 30.3 Å². The van der Waals surface area contributed by atoms with Gasteiger partial charge in [-0.05, 0) is 37.8 Å². The van der Waals surface area contributed by atoms with Gasteiger partial charge in [0.15, 0.2) is 0 Å². The molecular weight excluding hydrogens is 228 g/mol. The topological polar surface area (TPSA) is 56.6 Å². The van der Waals surface area contributed by atoms with E-state index in [2.05, 4.69) is 9.88 Å². The van der Waals surface area contributed by atoms with Crippen molar-refractivity contribution < 1.29 is 10.2 Å². The smallest absolute Gasteiger partial charge is 0.0957 e. The van der Waals surface area contributed by atoms with Crippen LogP contribution in [0.4, 0.5) is 5.69 Å². The lowest BCUT2D eigenvalue weighted by Gasteiger charge is -2.38. The van der Waals surface area contributed by atoms with Crippen molar-refractivity contribution in [1.82, 2.24) is 4.98 Å². The Hall–Kier alpha value is -1.13. The lowest BCUT2D eigenvalue weighted by atomic mass is 9.91. The summed E-state index contributed by atoms with van der Waals surface area (Å²) in [7, 11) is 0.